The van der Waals surface area contributed by atoms with E-state index in [1.807, 2.05) is 0 Å². The Balaban J connectivity index is 4.14. The zero-order valence-electron chi connectivity index (χ0n) is 14.7. The zero-order valence-corrected chi connectivity index (χ0v) is 14.7. The molecular formula is C17H36N2O2. The van der Waals surface area contributed by atoms with E-state index in [-0.39, 0.29) is 23.3 Å². The van der Waals surface area contributed by atoms with Gasteiger partial charge in [0.05, 0.1) is 0 Å². The van der Waals surface area contributed by atoms with Crippen molar-refractivity contribution < 1.29 is 9.90 Å². The third-order valence-electron chi connectivity index (χ3n) is 4.24. The van der Waals surface area contributed by atoms with Crippen LogP contribution in [0, 0.1) is 16.7 Å². The van der Waals surface area contributed by atoms with E-state index in [4.69, 9.17) is 10.8 Å². The van der Waals surface area contributed by atoms with Crippen LogP contribution >= 0.6 is 0 Å². The molecule has 21 heavy (non-hydrogen) atoms. The van der Waals surface area contributed by atoms with Crippen LogP contribution in [0.5, 0.6) is 0 Å². The van der Waals surface area contributed by atoms with Crippen molar-refractivity contribution in [3.8, 4) is 0 Å². The molecule has 0 heterocycles. The lowest BCUT2D eigenvalue weighted by molar-refractivity contribution is -0.122. The Morgan fingerprint density at radius 1 is 1.19 bits per heavy atom. The zero-order chi connectivity index (χ0) is 16.5. The molecule has 0 aromatic rings. The molecular weight excluding hydrogens is 264 g/mol. The average Bonchev–Trinajstić information content (AvgIpc) is 2.37. The number of nitrogens with two attached hydrogens (primary N) is 1. The number of carbonyl (C=O) groups is 1. The van der Waals surface area contributed by atoms with Crippen LogP contribution in [0.3, 0.4) is 0 Å². The number of carbonyl (C=O) groups excluding carboxylic acids is 1. The Hall–Kier alpha value is -0.610. The summed E-state index contributed by atoms with van der Waals surface area (Å²) in [6.45, 7) is 12.4. The Morgan fingerprint density at radius 3 is 2.29 bits per heavy atom. The summed E-state index contributed by atoms with van der Waals surface area (Å²) in [4.78, 5) is 12.0. The summed E-state index contributed by atoms with van der Waals surface area (Å²) in [7, 11) is 0. The second-order valence-corrected chi connectivity index (χ2v) is 7.95. The third-order valence-corrected chi connectivity index (χ3v) is 4.24. The number of aliphatic hydroxyl groups excluding tert-OH is 1. The Labute approximate surface area is 130 Å². The van der Waals surface area contributed by atoms with Gasteiger partial charge < -0.3 is 16.2 Å². The van der Waals surface area contributed by atoms with Gasteiger partial charge in [-0.25, -0.2) is 0 Å². The number of hydrogen-bond acceptors (Lipinski definition) is 3. The molecule has 4 N–H and O–H groups in total. The van der Waals surface area contributed by atoms with Gasteiger partial charge in [-0.15, -0.1) is 0 Å². The number of nitrogens with one attached hydrogen (secondary N) is 1. The predicted octanol–water partition coefficient (Wildman–Crippen LogP) is 2.69. The van der Waals surface area contributed by atoms with E-state index < -0.39 is 0 Å². The quantitative estimate of drug-likeness (QED) is 0.580. The first kappa shape index (κ1) is 20.4. The highest BCUT2D eigenvalue weighted by Crippen LogP contribution is 2.32. The summed E-state index contributed by atoms with van der Waals surface area (Å²) in [6, 6.07) is 0. The second-order valence-electron chi connectivity index (χ2n) is 7.95. The van der Waals surface area contributed by atoms with E-state index in [2.05, 4.69) is 39.9 Å². The minimum atomic E-state index is 0.0408. The van der Waals surface area contributed by atoms with Crippen LogP contribution in [0.2, 0.25) is 0 Å². The van der Waals surface area contributed by atoms with Crippen molar-refractivity contribution in [2.24, 2.45) is 22.5 Å². The fourth-order valence-corrected chi connectivity index (χ4v) is 2.59. The van der Waals surface area contributed by atoms with E-state index in [9.17, 15) is 4.79 Å². The van der Waals surface area contributed by atoms with E-state index in [1.165, 1.54) is 0 Å². The molecule has 1 amide bonds. The van der Waals surface area contributed by atoms with Crippen LogP contribution in [-0.2, 0) is 4.79 Å². The summed E-state index contributed by atoms with van der Waals surface area (Å²) in [5.74, 6) is 0.606. The largest absolute Gasteiger partial charge is 0.396 e. The molecule has 0 aromatic heterocycles. The Kier molecular flexibility index (Phi) is 9.14. The van der Waals surface area contributed by atoms with E-state index in [1.54, 1.807) is 0 Å². The number of aliphatic hydroxyl groups is 1. The van der Waals surface area contributed by atoms with Gasteiger partial charge in [-0.3, -0.25) is 4.79 Å². The molecule has 0 saturated carbocycles. The molecule has 1 unspecified atom stereocenters. The van der Waals surface area contributed by atoms with Gasteiger partial charge in [0.2, 0.25) is 5.91 Å². The van der Waals surface area contributed by atoms with Gasteiger partial charge in [-0.2, -0.15) is 0 Å². The molecule has 0 aromatic carbocycles. The lowest BCUT2D eigenvalue weighted by Gasteiger charge is -2.30. The second kappa shape index (κ2) is 9.42. The molecule has 0 aliphatic carbocycles. The molecule has 0 aliphatic heterocycles. The maximum atomic E-state index is 12.0. The summed E-state index contributed by atoms with van der Waals surface area (Å²) < 4.78 is 0. The fraction of sp³-hybridized carbons (Fsp3) is 0.941. The van der Waals surface area contributed by atoms with E-state index in [0.29, 0.717) is 25.4 Å². The van der Waals surface area contributed by atoms with Crippen LogP contribution < -0.4 is 11.1 Å². The van der Waals surface area contributed by atoms with Crippen LogP contribution in [-0.4, -0.2) is 30.7 Å². The number of amides is 1. The summed E-state index contributed by atoms with van der Waals surface area (Å²) in [5, 5.41) is 11.9. The molecule has 0 fully saturated rings. The van der Waals surface area contributed by atoms with E-state index in [0.717, 1.165) is 25.7 Å². The minimum Gasteiger partial charge on any atom is -0.396 e. The molecule has 126 valence electrons. The Bertz CT molecular complexity index is 296. The molecule has 0 spiro atoms. The van der Waals surface area contributed by atoms with Crippen molar-refractivity contribution in [3.63, 3.8) is 0 Å². The predicted molar refractivity (Wildman–Crippen MR) is 89.0 cm³/mol. The fourth-order valence-electron chi connectivity index (χ4n) is 2.59. The first-order valence-corrected chi connectivity index (χ1v) is 8.20. The maximum absolute atomic E-state index is 12.0. The van der Waals surface area contributed by atoms with Gasteiger partial charge in [-0.1, -0.05) is 34.6 Å². The smallest absolute Gasteiger partial charge is 0.220 e. The standard InChI is InChI=1S/C17H36N2O2/c1-16(2,3)14(9-11-18)7-8-15(21)19-13-17(4,5)10-6-12-20/h14,20H,6-13,18H2,1-5H3,(H,19,21). The van der Waals surface area contributed by atoms with Crippen LogP contribution in [0.25, 0.3) is 0 Å². The third kappa shape index (κ3) is 9.86. The lowest BCUT2D eigenvalue weighted by atomic mass is 9.76. The lowest BCUT2D eigenvalue weighted by Crippen LogP contribution is -2.34. The highest BCUT2D eigenvalue weighted by atomic mass is 16.2. The highest BCUT2D eigenvalue weighted by molar-refractivity contribution is 5.75. The normalized spacial score (nSPS) is 14.0. The van der Waals surface area contributed by atoms with Crippen molar-refractivity contribution in [1.82, 2.24) is 5.32 Å². The van der Waals surface area contributed by atoms with Crippen molar-refractivity contribution >= 4 is 5.91 Å². The Morgan fingerprint density at radius 2 is 1.81 bits per heavy atom. The topological polar surface area (TPSA) is 75.3 Å². The van der Waals surface area contributed by atoms with Gasteiger partial charge >= 0.3 is 0 Å². The van der Waals surface area contributed by atoms with Crippen molar-refractivity contribution in [2.45, 2.75) is 66.7 Å². The first-order valence-electron chi connectivity index (χ1n) is 8.20. The summed E-state index contributed by atoms with van der Waals surface area (Å²) >= 11 is 0. The van der Waals surface area contributed by atoms with E-state index >= 15 is 0 Å². The van der Waals surface area contributed by atoms with Crippen molar-refractivity contribution in [3.05, 3.63) is 0 Å². The summed E-state index contributed by atoms with van der Waals surface area (Å²) in [6.07, 6.45) is 4.13. The van der Waals surface area contributed by atoms with Crippen LogP contribution in [0.1, 0.15) is 66.7 Å². The van der Waals surface area contributed by atoms with Crippen molar-refractivity contribution in [1.29, 1.82) is 0 Å². The minimum absolute atomic E-state index is 0.0408. The molecule has 4 heteroatoms. The highest BCUT2D eigenvalue weighted by Gasteiger charge is 2.25. The van der Waals surface area contributed by atoms with Gasteiger partial charge in [-0.05, 0) is 49.0 Å². The molecule has 0 saturated heterocycles. The van der Waals surface area contributed by atoms with Gasteiger partial charge in [0.1, 0.15) is 0 Å². The van der Waals surface area contributed by atoms with Gasteiger partial charge in [0.15, 0.2) is 0 Å². The molecule has 0 aliphatic rings. The monoisotopic (exact) mass is 300 g/mol. The van der Waals surface area contributed by atoms with Gasteiger partial charge in [0.25, 0.3) is 0 Å². The van der Waals surface area contributed by atoms with Crippen molar-refractivity contribution in [2.75, 3.05) is 19.7 Å². The van der Waals surface area contributed by atoms with Crippen LogP contribution in [0.15, 0.2) is 0 Å². The molecule has 1 atom stereocenters. The average molecular weight is 300 g/mol. The molecule has 0 bridgehead atoms. The van der Waals surface area contributed by atoms with Crippen LogP contribution in [0.4, 0.5) is 0 Å². The van der Waals surface area contributed by atoms with Gasteiger partial charge in [0, 0.05) is 19.6 Å². The summed E-state index contributed by atoms with van der Waals surface area (Å²) in [5.41, 5.74) is 5.91. The molecule has 0 rings (SSSR count). The number of rotatable bonds is 10. The maximum Gasteiger partial charge on any atom is 0.220 e. The first-order chi connectivity index (χ1) is 9.62. The SMILES string of the molecule is CC(C)(CCCO)CNC(=O)CCC(CCN)C(C)(C)C. The number of hydrogen-bond donors (Lipinski definition) is 3. The molecule has 0 radical (unpaired) electrons. The molecule has 4 nitrogen and oxygen atoms in total.